The average Bonchev–Trinajstić information content (AvgIpc) is 2.38. The molecule has 0 spiro atoms. The van der Waals surface area contributed by atoms with Crippen LogP contribution in [0.2, 0.25) is 0 Å². The second-order valence-electron chi connectivity index (χ2n) is 4.20. The summed E-state index contributed by atoms with van der Waals surface area (Å²) in [5.74, 6) is -1.61. The molecule has 0 fully saturated rings. The van der Waals surface area contributed by atoms with Crippen LogP contribution in [-0.4, -0.2) is 28.9 Å². The number of nitrogens with two attached hydrogens (primary N) is 1. The summed E-state index contributed by atoms with van der Waals surface area (Å²) in [5, 5.41) is 13.6. The van der Waals surface area contributed by atoms with Crippen LogP contribution in [0, 0.1) is 15.9 Å². The first-order valence-electron chi connectivity index (χ1n) is 5.91. The minimum absolute atomic E-state index is 0.350. The number of thioether (sulfide) groups is 1. The Bertz CT molecular complexity index is 525. The third-order valence-corrected chi connectivity index (χ3v) is 3.87. The van der Waals surface area contributed by atoms with E-state index in [0.717, 1.165) is 12.1 Å². The summed E-state index contributed by atoms with van der Waals surface area (Å²) >= 11 is 1.65. The molecule has 1 aromatic rings. The van der Waals surface area contributed by atoms with Gasteiger partial charge in [-0.3, -0.25) is 14.9 Å². The fourth-order valence-electron chi connectivity index (χ4n) is 1.57. The van der Waals surface area contributed by atoms with Crippen LogP contribution in [-0.2, 0) is 0 Å². The van der Waals surface area contributed by atoms with E-state index in [0.29, 0.717) is 18.2 Å². The third-order valence-electron chi connectivity index (χ3n) is 2.83. The van der Waals surface area contributed by atoms with E-state index in [1.54, 1.807) is 11.8 Å². The number of nitrogens with zero attached hydrogens (tertiary/aromatic N) is 1. The fourth-order valence-corrected chi connectivity index (χ4v) is 1.92. The zero-order valence-corrected chi connectivity index (χ0v) is 12.0. The topological polar surface area (TPSA) is 98.3 Å². The zero-order valence-electron chi connectivity index (χ0n) is 11.2. The van der Waals surface area contributed by atoms with Crippen molar-refractivity contribution in [3.8, 4) is 0 Å². The molecule has 0 aliphatic carbocycles. The average molecular weight is 301 g/mol. The number of nitro benzene ring substituents is 1. The largest absolute Gasteiger partial charge is 0.392 e. The second kappa shape index (κ2) is 7.09. The van der Waals surface area contributed by atoms with Crippen molar-refractivity contribution in [3.63, 3.8) is 0 Å². The van der Waals surface area contributed by atoms with E-state index in [2.05, 4.69) is 5.32 Å². The lowest BCUT2D eigenvalue weighted by molar-refractivity contribution is -0.384. The van der Waals surface area contributed by atoms with E-state index in [1.807, 2.05) is 13.2 Å². The Morgan fingerprint density at radius 2 is 2.25 bits per heavy atom. The summed E-state index contributed by atoms with van der Waals surface area (Å²) in [5.41, 5.74) is 4.09. The maximum Gasteiger partial charge on any atom is 0.293 e. The van der Waals surface area contributed by atoms with Crippen molar-refractivity contribution in [3.05, 3.63) is 33.6 Å². The lowest BCUT2D eigenvalue weighted by atomic mass is 10.1. The summed E-state index contributed by atoms with van der Waals surface area (Å²) in [4.78, 5) is 21.8. The quantitative estimate of drug-likeness (QED) is 0.477. The number of halogens is 1. The lowest BCUT2D eigenvalue weighted by Crippen LogP contribution is -2.28. The molecule has 110 valence electrons. The monoisotopic (exact) mass is 301 g/mol. The number of hydrogen-bond donors (Lipinski definition) is 2. The molecular weight excluding hydrogens is 285 g/mol. The predicted molar refractivity (Wildman–Crippen MR) is 77.4 cm³/mol. The molecule has 1 rings (SSSR count). The van der Waals surface area contributed by atoms with Crippen LogP contribution in [0.5, 0.6) is 0 Å². The predicted octanol–water partition coefficient (Wildman–Crippen LogP) is 2.19. The standard InChI is InChI=1S/C12H16FN3O3S/c1-7(20-2)5-6-15-12(17)10-8(13)3-4-9(11(10)14)16(18)19/h3-4,7H,5-6,14H2,1-2H3,(H,15,17). The maximum atomic E-state index is 13.6. The SMILES string of the molecule is CSC(C)CCNC(=O)c1c(F)ccc([N+](=O)[O-])c1N. The van der Waals surface area contributed by atoms with Crippen molar-refractivity contribution in [1.29, 1.82) is 0 Å². The molecule has 0 aliphatic rings. The number of nitrogen functional groups attached to an aromatic ring is 1. The van der Waals surface area contributed by atoms with Crippen LogP contribution in [0.1, 0.15) is 23.7 Å². The van der Waals surface area contributed by atoms with E-state index in [-0.39, 0.29) is 0 Å². The molecule has 20 heavy (non-hydrogen) atoms. The van der Waals surface area contributed by atoms with Crippen molar-refractivity contribution in [2.45, 2.75) is 18.6 Å². The Morgan fingerprint density at radius 1 is 1.60 bits per heavy atom. The van der Waals surface area contributed by atoms with Crippen molar-refractivity contribution in [2.24, 2.45) is 0 Å². The number of carbonyl (C=O) groups is 1. The molecule has 0 saturated carbocycles. The highest BCUT2D eigenvalue weighted by Gasteiger charge is 2.23. The van der Waals surface area contributed by atoms with Crippen molar-refractivity contribution in [2.75, 3.05) is 18.5 Å². The first-order valence-corrected chi connectivity index (χ1v) is 7.20. The highest BCUT2D eigenvalue weighted by Crippen LogP contribution is 2.27. The third kappa shape index (κ3) is 3.83. The van der Waals surface area contributed by atoms with Crippen LogP contribution in [0.3, 0.4) is 0 Å². The molecule has 0 heterocycles. The molecule has 0 saturated heterocycles. The Morgan fingerprint density at radius 3 is 2.80 bits per heavy atom. The van der Waals surface area contributed by atoms with Gasteiger partial charge >= 0.3 is 0 Å². The van der Waals surface area contributed by atoms with Crippen molar-refractivity contribution in [1.82, 2.24) is 5.32 Å². The fraction of sp³-hybridized carbons (Fsp3) is 0.417. The van der Waals surface area contributed by atoms with Gasteiger partial charge in [-0.15, -0.1) is 0 Å². The molecule has 0 radical (unpaired) electrons. The molecule has 8 heteroatoms. The van der Waals surface area contributed by atoms with Gasteiger partial charge in [-0.1, -0.05) is 6.92 Å². The number of anilines is 1. The number of amides is 1. The molecule has 0 aliphatic heterocycles. The maximum absolute atomic E-state index is 13.6. The second-order valence-corrected chi connectivity index (χ2v) is 5.48. The van der Waals surface area contributed by atoms with Gasteiger partial charge in [0.1, 0.15) is 17.1 Å². The van der Waals surface area contributed by atoms with Gasteiger partial charge in [0.05, 0.1) is 4.92 Å². The summed E-state index contributed by atoms with van der Waals surface area (Å²) in [6.07, 6.45) is 2.66. The summed E-state index contributed by atoms with van der Waals surface area (Å²) < 4.78 is 13.6. The van der Waals surface area contributed by atoms with Gasteiger partial charge in [-0.05, 0) is 18.7 Å². The van der Waals surface area contributed by atoms with Gasteiger partial charge in [-0.25, -0.2) is 4.39 Å². The summed E-state index contributed by atoms with van der Waals surface area (Å²) in [6.45, 7) is 2.35. The Hall–Kier alpha value is -1.83. The minimum atomic E-state index is -0.872. The van der Waals surface area contributed by atoms with Gasteiger partial charge in [0.15, 0.2) is 0 Å². The van der Waals surface area contributed by atoms with Crippen LogP contribution in [0.15, 0.2) is 12.1 Å². The number of hydrogen-bond acceptors (Lipinski definition) is 5. The smallest absolute Gasteiger partial charge is 0.293 e. The summed E-state index contributed by atoms with van der Waals surface area (Å²) in [7, 11) is 0. The molecule has 3 N–H and O–H groups in total. The molecule has 1 amide bonds. The van der Waals surface area contributed by atoms with E-state index >= 15 is 0 Å². The molecule has 1 unspecified atom stereocenters. The van der Waals surface area contributed by atoms with Crippen molar-refractivity contribution < 1.29 is 14.1 Å². The van der Waals surface area contributed by atoms with E-state index < -0.39 is 33.6 Å². The Labute approximate surface area is 120 Å². The highest BCUT2D eigenvalue weighted by molar-refractivity contribution is 7.99. The van der Waals surface area contributed by atoms with Crippen LogP contribution in [0.4, 0.5) is 15.8 Å². The first-order chi connectivity index (χ1) is 9.38. The minimum Gasteiger partial charge on any atom is -0.392 e. The van der Waals surface area contributed by atoms with Gasteiger partial charge in [0.2, 0.25) is 0 Å². The number of benzene rings is 1. The van der Waals surface area contributed by atoms with Crippen LogP contribution < -0.4 is 11.1 Å². The van der Waals surface area contributed by atoms with Gasteiger partial charge in [0, 0.05) is 17.9 Å². The van der Waals surface area contributed by atoms with Crippen LogP contribution >= 0.6 is 11.8 Å². The van der Waals surface area contributed by atoms with Crippen molar-refractivity contribution >= 4 is 29.0 Å². The number of rotatable bonds is 6. The molecule has 1 aromatic carbocycles. The number of carbonyl (C=O) groups excluding carboxylic acids is 1. The first kappa shape index (κ1) is 16.2. The number of nitro groups is 1. The molecule has 1 atom stereocenters. The van der Waals surface area contributed by atoms with Gasteiger partial charge < -0.3 is 11.1 Å². The van der Waals surface area contributed by atoms with Crippen LogP contribution in [0.25, 0.3) is 0 Å². The molecule has 0 aromatic heterocycles. The number of nitrogens with one attached hydrogen (secondary N) is 1. The van der Waals surface area contributed by atoms with Gasteiger partial charge in [0.25, 0.3) is 11.6 Å². The van der Waals surface area contributed by atoms with Gasteiger partial charge in [-0.2, -0.15) is 11.8 Å². The zero-order chi connectivity index (χ0) is 15.3. The lowest BCUT2D eigenvalue weighted by Gasteiger charge is -2.11. The van der Waals surface area contributed by atoms with E-state index in [1.165, 1.54) is 0 Å². The van der Waals surface area contributed by atoms with E-state index in [4.69, 9.17) is 5.73 Å². The molecule has 6 nitrogen and oxygen atoms in total. The summed E-state index contributed by atoms with van der Waals surface area (Å²) in [6, 6.07) is 1.81. The Kier molecular flexibility index (Phi) is 5.75. The normalized spacial score (nSPS) is 11.9. The highest BCUT2D eigenvalue weighted by atomic mass is 32.2. The molecule has 0 bridgehead atoms. The Balaban J connectivity index is 2.87. The molecular formula is C12H16FN3O3S. The van der Waals surface area contributed by atoms with E-state index in [9.17, 15) is 19.3 Å².